The first-order valence-electron chi connectivity index (χ1n) is 3.77. The molecule has 0 aliphatic carbocycles. The molecule has 2 rings (SSSR count). The third-order valence-electron chi connectivity index (χ3n) is 2.22. The normalized spacial score (nSPS) is 21.1. The Balaban J connectivity index is 2.60. The molecule has 1 aromatic carbocycles. The van der Waals surface area contributed by atoms with Gasteiger partial charge in [-0.05, 0) is 24.1 Å². The maximum absolute atomic E-state index is 9.36. The summed E-state index contributed by atoms with van der Waals surface area (Å²) in [7, 11) is 0. The van der Waals surface area contributed by atoms with Crippen molar-refractivity contribution >= 4 is 15.9 Å². The van der Waals surface area contributed by atoms with Crippen molar-refractivity contribution in [1.82, 2.24) is 0 Å². The van der Waals surface area contributed by atoms with Crippen LogP contribution in [0.3, 0.4) is 0 Å². The zero-order valence-corrected chi connectivity index (χ0v) is 8.26. The van der Waals surface area contributed by atoms with Crippen molar-refractivity contribution in [3.8, 4) is 0 Å². The Bertz CT molecular complexity index is 323. The first kappa shape index (κ1) is 8.23. The number of ether oxygens (including phenoxy) is 1. The molecule has 0 radical (unpaired) electrons. The largest absolute Gasteiger partial charge is 0.364 e. The maximum atomic E-state index is 9.36. The second-order valence-electron chi connectivity index (χ2n) is 2.90. The summed E-state index contributed by atoms with van der Waals surface area (Å²) in [5.74, 6) is 0. The van der Waals surface area contributed by atoms with E-state index in [1.54, 1.807) is 0 Å². The lowest BCUT2D eigenvalue weighted by Gasteiger charge is -2.04. The van der Waals surface area contributed by atoms with E-state index in [-0.39, 0.29) is 0 Å². The third-order valence-corrected chi connectivity index (χ3v) is 3.08. The summed E-state index contributed by atoms with van der Waals surface area (Å²) in [5, 5.41) is 9.36. The van der Waals surface area contributed by atoms with Crippen LogP contribution in [0.5, 0.6) is 0 Å². The van der Waals surface area contributed by atoms with E-state index < -0.39 is 6.29 Å². The minimum atomic E-state index is -0.730. The van der Waals surface area contributed by atoms with Crippen LogP contribution in [0.4, 0.5) is 0 Å². The molecule has 0 amide bonds. The van der Waals surface area contributed by atoms with E-state index in [4.69, 9.17) is 4.74 Å². The number of benzene rings is 1. The smallest absolute Gasteiger partial charge is 0.181 e. The molecule has 0 saturated carbocycles. The second kappa shape index (κ2) is 2.83. The van der Waals surface area contributed by atoms with Crippen molar-refractivity contribution < 1.29 is 9.84 Å². The molecule has 0 bridgehead atoms. The Morgan fingerprint density at radius 2 is 2.33 bits per heavy atom. The van der Waals surface area contributed by atoms with Gasteiger partial charge >= 0.3 is 0 Å². The fourth-order valence-electron chi connectivity index (χ4n) is 1.42. The van der Waals surface area contributed by atoms with Gasteiger partial charge in [0.25, 0.3) is 0 Å². The van der Waals surface area contributed by atoms with Gasteiger partial charge in [-0.2, -0.15) is 0 Å². The molecule has 1 heterocycles. The molecular formula is C9H9BrO2. The van der Waals surface area contributed by atoms with Crippen molar-refractivity contribution in [2.45, 2.75) is 19.8 Å². The highest BCUT2D eigenvalue weighted by Gasteiger charge is 2.22. The number of aliphatic hydroxyl groups is 1. The summed E-state index contributed by atoms with van der Waals surface area (Å²) < 4.78 is 6.16. The number of hydrogen-bond donors (Lipinski definition) is 1. The van der Waals surface area contributed by atoms with E-state index in [2.05, 4.69) is 15.9 Å². The van der Waals surface area contributed by atoms with Crippen molar-refractivity contribution in [3.05, 3.63) is 33.3 Å². The first-order chi connectivity index (χ1) is 5.70. The van der Waals surface area contributed by atoms with E-state index in [1.807, 2.05) is 19.1 Å². The van der Waals surface area contributed by atoms with Crippen LogP contribution in [-0.4, -0.2) is 5.11 Å². The van der Waals surface area contributed by atoms with Crippen LogP contribution in [0.1, 0.15) is 23.0 Å². The molecule has 64 valence electrons. The Hall–Kier alpha value is -0.380. The van der Waals surface area contributed by atoms with Crippen molar-refractivity contribution in [3.63, 3.8) is 0 Å². The average molecular weight is 229 g/mol. The van der Waals surface area contributed by atoms with Crippen LogP contribution in [-0.2, 0) is 11.3 Å². The van der Waals surface area contributed by atoms with Gasteiger partial charge in [0.15, 0.2) is 6.29 Å². The van der Waals surface area contributed by atoms with Gasteiger partial charge in [-0.15, -0.1) is 0 Å². The van der Waals surface area contributed by atoms with E-state index in [9.17, 15) is 5.11 Å². The molecule has 1 atom stereocenters. The quantitative estimate of drug-likeness (QED) is 0.739. The minimum Gasteiger partial charge on any atom is -0.364 e. The molecular weight excluding hydrogens is 220 g/mol. The van der Waals surface area contributed by atoms with E-state index in [1.165, 1.54) is 0 Å². The molecule has 1 aromatic rings. The summed E-state index contributed by atoms with van der Waals surface area (Å²) in [6.07, 6.45) is -0.730. The van der Waals surface area contributed by atoms with Crippen LogP contribution in [0.25, 0.3) is 0 Å². The van der Waals surface area contributed by atoms with Gasteiger partial charge in [0.1, 0.15) is 0 Å². The molecule has 1 aliphatic heterocycles. The molecule has 1 aliphatic rings. The lowest BCUT2D eigenvalue weighted by molar-refractivity contribution is -0.0918. The predicted molar refractivity (Wildman–Crippen MR) is 48.6 cm³/mol. The van der Waals surface area contributed by atoms with E-state index in [0.717, 1.165) is 21.2 Å². The highest BCUT2D eigenvalue weighted by atomic mass is 79.9. The summed E-state index contributed by atoms with van der Waals surface area (Å²) in [4.78, 5) is 0. The molecule has 3 heteroatoms. The molecule has 12 heavy (non-hydrogen) atoms. The summed E-state index contributed by atoms with van der Waals surface area (Å²) in [6, 6.07) is 3.83. The fraction of sp³-hybridized carbons (Fsp3) is 0.333. The summed E-state index contributed by atoms with van der Waals surface area (Å²) >= 11 is 3.43. The second-order valence-corrected chi connectivity index (χ2v) is 3.76. The van der Waals surface area contributed by atoms with Gasteiger partial charge < -0.3 is 9.84 Å². The highest BCUT2D eigenvalue weighted by molar-refractivity contribution is 9.10. The molecule has 1 N–H and O–H groups in total. The third kappa shape index (κ3) is 1.09. The number of halogens is 1. The maximum Gasteiger partial charge on any atom is 0.181 e. The standard InChI is InChI=1S/C9H9BrO2/c1-5-7-4-12-9(11)6(7)2-3-8(5)10/h2-3,9,11H,4H2,1H3/t9-/m1/s1. The van der Waals surface area contributed by atoms with Crippen LogP contribution >= 0.6 is 15.9 Å². The van der Waals surface area contributed by atoms with Gasteiger partial charge in [-0.3, -0.25) is 0 Å². The molecule has 0 saturated heterocycles. The topological polar surface area (TPSA) is 29.5 Å². The first-order valence-corrected chi connectivity index (χ1v) is 4.57. The Morgan fingerprint density at radius 1 is 1.58 bits per heavy atom. The van der Waals surface area contributed by atoms with Gasteiger partial charge in [0, 0.05) is 10.0 Å². The average Bonchev–Trinajstić information content (AvgIpc) is 2.41. The van der Waals surface area contributed by atoms with E-state index >= 15 is 0 Å². The van der Waals surface area contributed by atoms with Gasteiger partial charge in [0.2, 0.25) is 0 Å². The summed E-state index contributed by atoms with van der Waals surface area (Å²) in [5.41, 5.74) is 3.16. The van der Waals surface area contributed by atoms with Crippen LogP contribution in [0, 0.1) is 6.92 Å². The van der Waals surface area contributed by atoms with Gasteiger partial charge in [-0.25, -0.2) is 0 Å². The monoisotopic (exact) mass is 228 g/mol. The van der Waals surface area contributed by atoms with Crippen molar-refractivity contribution in [1.29, 1.82) is 0 Å². The molecule has 0 spiro atoms. The van der Waals surface area contributed by atoms with Crippen LogP contribution in [0.2, 0.25) is 0 Å². The van der Waals surface area contributed by atoms with Crippen LogP contribution in [0.15, 0.2) is 16.6 Å². The van der Waals surface area contributed by atoms with Crippen LogP contribution < -0.4 is 0 Å². The molecule has 0 fully saturated rings. The Labute approximate surface area is 79.3 Å². The molecule has 0 aromatic heterocycles. The van der Waals surface area contributed by atoms with Gasteiger partial charge in [0.05, 0.1) is 6.61 Å². The molecule has 2 nitrogen and oxygen atoms in total. The minimum absolute atomic E-state index is 0.516. The van der Waals surface area contributed by atoms with E-state index in [0.29, 0.717) is 6.61 Å². The Kier molecular flexibility index (Phi) is 1.94. The predicted octanol–water partition coefficient (Wildman–Crippen LogP) is 2.28. The van der Waals surface area contributed by atoms with Gasteiger partial charge in [-0.1, -0.05) is 22.0 Å². The number of fused-ring (bicyclic) bond motifs is 1. The zero-order valence-electron chi connectivity index (χ0n) is 6.67. The lowest BCUT2D eigenvalue weighted by atomic mass is 10.0. The number of hydrogen-bond acceptors (Lipinski definition) is 2. The fourth-order valence-corrected chi connectivity index (χ4v) is 1.80. The molecule has 0 unspecified atom stereocenters. The zero-order chi connectivity index (χ0) is 8.72. The van der Waals surface area contributed by atoms with Crippen molar-refractivity contribution in [2.24, 2.45) is 0 Å². The SMILES string of the molecule is Cc1c(Br)ccc2c1CO[C@H]2O. The summed E-state index contributed by atoms with van der Waals surface area (Å²) in [6.45, 7) is 2.53. The Morgan fingerprint density at radius 3 is 3.08 bits per heavy atom. The lowest BCUT2D eigenvalue weighted by Crippen LogP contribution is -1.92. The highest BCUT2D eigenvalue weighted by Crippen LogP contribution is 2.33. The number of aliphatic hydroxyl groups excluding tert-OH is 1. The van der Waals surface area contributed by atoms with Crippen molar-refractivity contribution in [2.75, 3.05) is 0 Å². The number of rotatable bonds is 0.